The average Bonchev–Trinajstić information content (AvgIpc) is 2.59. The molecule has 0 aliphatic rings. The van der Waals surface area contributed by atoms with Crippen molar-refractivity contribution >= 4 is 23.2 Å². The maximum absolute atomic E-state index is 12.1. The van der Waals surface area contributed by atoms with Gasteiger partial charge in [0.15, 0.2) is 6.61 Å². The molecule has 0 saturated heterocycles. The first-order chi connectivity index (χ1) is 12.0. The summed E-state index contributed by atoms with van der Waals surface area (Å²) in [6.45, 7) is 5.62. The van der Waals surface area contributed by atoms with Gasteiger partial charge < -0.3 is 15.4 Å². The van der Waals surface area contributed by atoms with Crippen LogP contribution in [0.25, 0.3) is 0 Å². The van der Waals surface area contributed by atoms with Crippen molar-refractivity contribution in [1.82, 2.24) is 0 Å². The minimum atomic E-state index is -0.251. The summed E-state index contributed by atoms with van der Waals surface area (Å²) in [5.41, 5.74) is 2.34. The van der Waals surface area contributed by atoms with Gasteiger partial charge in [0.2, 0.25) is 5.91 Å². The summed E-state index contributed by atoms with van der Waals surface area (Å²) in [7, 11) is 0. The van der Waals surface area contributed by atoms with Crippen LogP contribution in [0.5, 0.6) is 5.75 Å². The zero-order valence-corrected chi connectivity index (χ0v) is 14.8. The number of carbonyl (C=O) groups is 2. The van der Waals surface area contributed by atoms with Crippen LogP contribution in [-0.4, -0.2) is 18.4 Å². The molecule has 2 aromatic rings. The lowest BCUT2D eigenvalue weighted by Gasteiger charge is -2.15. The van der Waals surface area contributed by atoms with E-state index in [1.54, 1.807) is 24.3 Å². The third-order valence-electron chi connectivity index (χ3n) is 3.89. The second-order valence-electron chi connectivity index (χ2n) is 5.95. The molecule has 0 heterocycles. The number of rotatable bonds is 7. The predicted octanol–water partition coefficient (Wildman–Crippen LogP) is 4.18. The zero-order valence-electron chi connectivity index (χ0n) is 14.8. The number of amides is 2. The zero-order chi connectivity index (χ0) is 18.2. The smallest absolute Gasteiger partial charge is 0.262 e. The molecule has 0 saturated carbocycles. The Labute approximate surface area is 148 Å². The number of carbonyl (C=O) groups excluding carboxylic acids is 2. The summed E-state index contributed by atoms with van der Waals surface area (Å²) < 4.78 is 5.71. The Hall–Kier alpha value is -2.82. The van der Waals surface area contributed by atoms with Crippen LogP contribution in [0.3, 0.4) is 0 Å². The molecule has 0 bridgehead atoms. The van der Waals surface area contributed by atoms with Crippen LogP contribution in [0.4, 0.5) is 11.4 Å². The van der Waals surface area contributed by atoms with E-state index in [2.05, 4.69) is 24.5 Å². The van der Waals surface area contributed by atoms with E-state index in [9.17, 15) is 9.59 Å². The van der Waals surface area contributed by atoms with Crippen molar-refractivity contribution in [3.63, 3.8) is 0 Å². The first-order valence-corrected chi connectivity index (χ1v) is 8.38. The molecule has 0 spiro atoms. The number of anilines is 2. The molecule has 0 aromatic heterocycles. The SMILES string of the molecule is CC[C@@H](C)c1ccccc1OCC(=O)Nc1cccc(NC(C)=O)c1. The topological polar surface area (TPSA) is 67.4 Å². The minimum Gasteiger partial charge on any atom is -0.483 e. The van der Waals surface area contributed by atoms with Gasteiger partial charge in [-0.3, -0.25) is 9.59 Å². The maximum atomic E-state index is 12.1. The molecule has 1 atom stereocenters. The van der Waals surface area contributed by atoms with E-state index in [1.807, 2.05) is 24.3 Å². The largest absolute Gasteiger partial charge is 0.483 e. The fraction of sp³-hybridized carbons (Fsp3) is 0.300. The number of benzene rings is 2. The van der Waals surface area contributed by atoms with Crippen LogP contribution in [0.2, 0.25) is 0 Å². The summed E-state index contributed by atoms with van der Waals surface area (Å²) in [5.74, 6) is 0.694. The molecule has 2 aromatic carbocycles. The average molecular weight is 340 g/mol. The summed E-state index contributed by atoms with van der Waals surface area (Å²) >= 11 is 0. The van der Waals surface area contributed by atoms with E-state index in [4.69, 9.17) is 4.74 Å². The van der Waals surface area contributed by atoms with Gasteiger partial charge in [0.05, 0.1) is 0 Å². The van der Waals surface area contributed by atoms with Crippen LogP contribution in [0.1, 0.15) is 38.7 Å². The predicted molar refractivity (Wildman–Crippen MR) is 100 cm³/mol. The Kier molecular flexibility index (Phi) is 6.57. The third kappa shape index (κ3) is 5.64. The quantitative estimate of drug-likeness (QED) is 0.795. The van der Waals surface area contributed by atoms with E-state index in [0.29, 0.717) is 17.3 Å². The maximum Gasteiger partial charge on any atom is 0.262 e. The molecule has 2 rings (SSSR count). The summed E-state index contributed by atoms with van der Waals surface area (Å²) in [5, 5.41) is 5.45. The van der Waals surface area contributed by atoms with Gasteiger partial charge >= 0.3 is 0 Å². The van der Waals surface area contributed by atoms with E-state index in [0.717, 1.165) is 17.7 Å². The molecule has 0 unspecified atom stereocenters. The van der Waals surface area contributed by atoms with Crippen LogP contribution >= 0.6 is 0 Å². The molecule has 2 N–H and O–H groups in total. The minimum absolute atomic E-state index is 0.0716. The van der Waals surface area contributed by atoms with Gasteiger partial charge in [-0.25, -0.2) is 0 Å². The molecule has 5 nitrogen and oxygen atoms in total. The lowest BCUT2D eigenvalue weighted by molar-refractivity contribution is -0.118. The van der Waals surface area contributed by atoms with Crippen LogP contribution in [0.15, 0.2) is 48.5 Å². The standard InChI is InChI=1S/C20H24N2O3/c1-4-14(2)18-10-5-6-11-19(18)25-13-20(24)22-17-9-7-8-16(12-17)21-15(3)23/h5-12,14H,4,13H2,1-3H3,(H,21,23)(H,22,24)/t14-/m1/s1. The molecule has 132 valence electrons. The van der Waals surface area contributed by atoms with Crippen molar-refractivity contribution in [1.29, 1.82) is 0 Å². The Morgan fingerprint density at radius 3 is 2.40 bits per heavy atom. The lowest BCUT2D eigenvalue weighted by atomic mass is 9.98. The molecule has 0 fully saturated rings. The van der Waals surface area contributed by atoms with Crippen LogP contribution in [0, 0.1) is 0 Å². The van der Waals surface area contributed by atoms with E-state index in [1.165, 1.54) is 6.92 Å². The second kappa shape index (κ2) is 8.87. The Morgan fingerprint density at radius 1 is 1.04 bits per heavy atom. The lowest BCUT2D eigenvalue weighted by Crippen LogP contribution is -2.20. The van der Waals surface area contributed by atoms with Gasteiger partial charge in [0, 0.05) is 18.3 Å². The van der Waals surface area contributed by atoms with Crippen molar-refractivity contribution in [3.05, 3.63) is 54.1 Å². The number of para-hydroxylation sites is 1. The number of ether oxygens (including phenoxy) is 1. The van der Waals surface area contributed by atoms with Crippen molar-refractivity contribution in [3.8, 4) is 5.75 Å². The number of hydrogen-bond acceptors (Lipinski definition) is 3. The molecular weight excluding hydrogens is 316 g/mol. The summed E-state index contributed by atoms with van der Waals surface area (Å²) in [6, 6.07) is 14.8. The van der Waals surface area contributed by atoms with E-state index in [-0.39, 0.29) is 18.4 Å². The molecule has 2 amide bonds. The summed E-state index contributed by atoms with van der Waals surface area (Å²) in [4.78, 5) is 23.2. The second-order valence-corrected chi connectivity index (χ2v) is 5.95. The van der Waals surface area contributed by atoms with Gasteiger partial charge in [-0.05, 0) is 42.2 Å². The van der Waals surface area contributed by atoms with Gasteiger partial charge in [-0.1, -0.05) is 38.1 Å². The highest BCUT2D eigenvalue weighted by Gasteiger charge is 2.11. The number of hydrogen-bond donors (Lipinski definition) is 2. The highest BCUT2D eigenvalue weighted by atomic mass is 16.5. The van der Waals surface area contributed by atoms with Crippen molar-refractivity contribution in [2.45, 2.75) is 33.1 Å². The van der Waals surface area contributed by atoms with Crippen molar-refractivity contribution < 1.29 is 14.3 Å². The highest BCUT2D eigenvalue weighted by molar-refractivity contribution is 5.94. The van der Waals surface area contributed by atoms with E-state index >= 15 is 0 Å². The van der Waals surface area contributed by atoms with Gasteiger partial charge in [-0.2, -0.15) is 0 Å². The Balaban J connectivity index is 1.97. The summed E-state index contributed by atoms with van der Waals surface area (Å²) in [6.07, 6.45) is 1.00. The molecule has 0 aliphatic heterocycles. The fourth-order valence-corrected chi connectivity index (χ4v) is 2.46. The monoisotopic (exact) mass is 340 g/mol. The molecule has 0 radical (unpaired) electrons. The third-order valence-corrected chi connectivity index (χ3v) is 3.89. The first kappa shape index (κ1) is 18.5. The number of nitrogens with one attached hydrogen (secondary N) is 2. The van der Waals surface area contributed by atoms with Crippen LogP contribution in [-0.2, 0) is 9.59 Å². The Bertz CT molecular complexity index is 743. The molecule has 25 heavy (non-hydrogen) atoms. The van der Waals surface area contributed by atoms with Gasteiger partial charge in [0.25, 0.3) is 5.91 Å². The molecule has 5 heteroatoms. The normalized spacial score (nSPS) is 11.5. The van der Waals surface area contributed by atoms with Gasteiger partial charge in [0.1, 0.15) is 5.75 Å². The van der Waals surface area contributed by atoms with E-state index < -0.39 is 0 Å². The highest BCUT2D eigenvalue weighted by Crippen LogP contribution is 2.28. The molecule has 0 aliphatic carbocycles. The van der Waals surface area contributed by atoms with Crippen molar-refractivity contribution in [2.24, 2.45) is 0 Å². The first-order valence-electron chi connectivity index (χ1n) is 8.38. The fourth-order valence-electron chi connectivity index (χ4n) is 2.46. The Morgan fingerprint density at radius 2 is 1.72 bits per heavy atom. The van der Waals surface area contributed by atoms with Crippen LogP contribution < -0.4 is 15.4 Å². The van der Waals surface area contributed by atoms with Crippen molar-refractivity contribution in [2.75, 3.05) is 17.2 Å². The molecular formula is C20H24N2O3. The van der Waals surface area contributed by atoms with Gasteiger partial charge in [-0.15, -0.1) is 0 Å².